The van der Waals surface area contributed by atoms with E-state index in [1.165, 1.54) is 16.7 Å². The Bertz CT molecular complexity index is 452. The van der Waals surface area contributed by atoms with Crippen molar-refractivity contribution < 1.29 is 9.90 Å². The van der Waals surface area contributed by atoms with Gasteiger partial charge in [0.1, 0.15) is 0 Å². The number of nitrogens with zero attached hydrogens (tertiary/aromatic N) is 6. The van der Waals surface area contributed by atoms with Crippen LogP contribution in [0.2, 0.25) is 0 Å². The van der Waals surface area contributed by atoms with Crippen molar-refractivity contribution in [2.45, 2.75) is 36.3 Å². The van der Waals surface area contributed by atoms with Gasteiger partial charge >= 0.3 is 6.09 Å². The number of likely N-dealkylation sites (tertiary alicyclic amines) is 1. The summed E-state index contributed by atoms with van der Waals surface area (Å²) in [6, 6.07) is 0. The molecule has 1 atom stereocenters. The lowest BCUT2D eigenvalue weighted by atomic mass is 10.1. The topological polar surface area (TPSA) is 87.4 Å². The molecule has 2 rings (SSSR count). The van der Waals surface area contributed by atoms with Crippen LogP contribution in [0.4, 0.5) is 4.79 Å². The zero-order valence-electron chi connectivity index (χ0n) is 11.8. The van der Waals surface area contributed by atoms with Gasteiger partial charge in [-0.25, -0.2) is 9.48 Å². The summed E-state index contributed by atoms with van der Waals surface area (Å²) < 4.78 is 1.74. The third kappa shape index (κ3) is 3.83. The number of carbonyl (C=O) groups is 1. The van der Waals surface area contributed by atoms with Crippen LogP contribution in [0.25, 0.3) is 0 Å². The van der Waals surface area contributed by atoms with Crippen molar-refractivity contribution in [2.75, 3.05) is 27.2 Å². The molecule has 0 bridgehead atoms. The van der Waals surface area contributed by atoms with E-state index >= 15 is 0 Å². The second kappa shape index (κ2) is 6.89. The summed E-state index contributed by atoms with van der Waals surface area (Å²) in [5.41, 5.74) is 0. The molecule has 112 valence electrons. The van der Waals surface area contributed by atoms with Crippen molar-refractivity contribution in [2.24, 2.45) is 0 Å². The summed E-state index contributed by atoms with van der Waals surface area (Å²) in [7, 11) is 3.98. The van der Waals surface area contributed by atoms with E-state index in [9.17, 15) is 9.90 Å². The number of thioether (sulfide) groups is 1. The number of likely N-dealkylation sites (N-methyl/N-ethyl adjacent to an activating group) is 1. The van der Waals surface area contributed by atoms with Crippen LogP contribution < -0.4 is 0 Å². The Balaban J connectivity index is 2.01. The monoisotopic (exact) mass is 300 g/mol. The van der Waals surface area contributed by atoms with Gasteiger partial charge in [-0.3, -0.25) is 4.90 Å². The van der Waals surface area contributed by atoms with Gasteiger partial charge in [-0.1, -0.05) is 11.8 Å². The van der Waals surface area contributed by atoms with Gasteiger partial charge < -0.3 is 10.0 Å². The SMILES string of the molecule is CN(C)CCn1nnnc1SC1CCCCN1C(=O)O. The van der Waals surface area contributed by atoms with E-state index in [1.54, 1.807) is 4.68 Å². The number of hydrogen-bond donors (Lipinski definition) is 1. The van der Waals surface area contributed by atoms with Crippen molar-refractivity contribution in [1.82, 2.24) is 30.0 Å². The zero-order chi connectivity index (χ0) is 14.5. The summed E-state index contributed by atoms with van der Waals surface area (Å²) in [6.45, 7) is 2.13. The molecule has 0 radical (unpaired) electrons. The van der Waals surface area contributed by atoms with Crippen molar-refractivity contribution >= 4 is 17.9 Å². The fraction of sp³-hybridized carbons (Fsp3) is 0.818. The van der Waals surface area contributed by atoms with Gasteiger partial charge in [0.05, 0.1) is 11.9 Å². The lowest BCUT2D eigenvalue weighted by Crippen LogP contribution is -2.41. The summed E-state index contributed by atoms with van der Waals surface area (Å²) in [5.74, 6) is 0. The molecule has 1 fully saturated rings. The highest BCUT2D eigenvalue weighted by atomic mass is 32.2. The van der Waals surface area contributed by atoms with Crippen LogP contribution in [0.5, 0.6) is 0 Å². The van der Waals surface area contributed by atoms with Crippen LogP contribution in [0.3, 0.4) is 0 Å². The molecule has 1 aliphatic heterocycles. The first-order valence-electron chi connectivity index (χ1n) is 6.65. The Hall–Kier alpha value is -1.35. The molecule has 20 heavy (non-hydrogen) atoms. The Morgan fingerprint density at radius 1 is 1.50 bits per heavy atom. The van der Waals surface area contributed by atoms with Crippen molar-refractivity contribution in [3.63, 3.8) is 0 Å². The Morgan fingerprint density at radius 3 is 3.00 bits per heavy atom. The third-order valence-corrected chi connectivity index (χ3v) is 4.46. The van der Waals surface area contributed by atoms with Crippen LogP contribution in [0.1, 0.15) is 19.3 Å². The molecule has 1 amide bonds. The van der Waals surface area contributed by atoms with Crippen molar-refractivity contribution in [3.8, 4) is 0 Å². The van der Waals surface area contributed by atoms with E-state index in [0.717, 1.165) is 25.8 Å². The first-order chi connectivity index (χ1) is 9.58. The lowest BCUT2D eigenvalue weighted by molar-refractivity contribution is 0.128. The van der Waals surface area contributed by atoms with Gasteiger partial charge in [-0.15, -0.1) is 5.10 Å². The maximum Gasteiger partial charge on any atom is 0.408 e. The van der Waals surface area contributed by atoms with Gasteiger partial charge in [0.25, 0.3) is 0 Å². The molecule has 1 aromatic rings. The number of tetrazole rings is 1. The lowest BCUT2D eigenvalue weighted by Gasteiger charge is -2.32. The highest BCUT2D eigenvalue weighted by Crippen LogP contribution is 2.30. The molecule has 9 heteroatoms. The predicted molar refractivity (Wildman–Crippen MR) is 74.6 cm³/mol. The van der Waals surface area contributed by atoms with E-state index in [1.807, 2.05) is 14.1 Å². The molecular formula is C11H20N6O2S. The number of hydrogen-bond acceptors (Lipinski definition) is 6. The van der Waals surface area contributed by atoms with Crippen molar-refractivity contribution in [1.29, 1.82) is 0 Å². The second-order valence-electron chi connectivity index (χ2n) is 5.03. The average Bonchev–Trinajstić information content (AvgIpc) is 2.84. The van der Waals surface area contributed by atoms with Gasteiger partial charge in [0.2, 0.25) is 5.16 Å². The van der Waals surface area contributed by atoms with Crippen molar-refractivity contribution in [3.05, 3.63) is 0 Å². The normalized spacial score (nSPS) is 19.6. The Morgan fingerprint density at radius 2 is 2.30 bits per heavy atom. The molecule has 1 N–H and O–H groups in total. The van der Waals surface area contributed by atoms with Gasteiger partial charge in [-0.05, 0) is 43.8 Å². The number of amides is 1. The van der Waals surface area contributed by atoms with Gasteiger partial charge in [0, 0.05) is 13.1 Å². The second-order valence-corrected chi connectivity index (χ2v) is 6.18. The zero-order valence-corrected chi connectivity index (χ0v) is 12.6. The highest BCUT2D eigenvalue weighted by Gasteiger charge is 2.28. The number of aromatic nitrogens is 4. The molecule has 1 saturated heterocycles. The Labute approximate surface area is 122 Å². The Kier molecular flexibility index (Phi) is 5.18. The summed E-state index contributed by atoms with van der Waals surface area (Å²) in [6.07, 6.45) is 1.95. The van der Waals surface area contributed by atoms with E-state index < -0.39 is 6.09 Å². The first-order valence-corrected chi connectivity index (χ1v) is 7.53. The standard InChI is InChI=1S/C11H20N6O2S/c1-15(2)7-8-17-10(12-13-14-17)20-9-5-3-4-6-16(9)11(18)19/h9H,3-8H2,1-2H3,(H,18,19). The quantitative estimate of drug-likeness (QED) is 0.861. The molecule has 8 nitrogen and oxygen atoms in total. The fourth-order valence-corrected chi connectivity index (χ4v) is 3.26. The minimum Gasteiger partial charge on any atom is -0.465 e. The minimum absolute atomic E-state index is 0.0923. The van der Waals surface area contributed by atoms with Gasteiger partial charge in [-0.2, -0.15) is 0 Å². The maximum atomic E-state index is 11.2. The number of carboxylic acid groups (broad SMARTS) is 1. The van der Waals surface area contributed by atoms with Crippen LogP contribution in [-0.2, 0) is 6.54 Å². The molecule has 1 aliphatic rings. The predicted octanol–water partition coefficient (Wildman–Crippen LogP) is 0.817. The molecular weight excluding hydrogens is 280 g/mol. The van der Waals surface area contributed by atoms with Crippen LogP contribution in [0.15, 0.2) is 5.16 Å². The summed E-state index contributed by atoms with van der Waals surface area (Å²) in [5, 5.41) is 21.5. The maximum absolute atomic E-state index is 11.2. The summed E-state index contributed by atoms with van der Waals surface area (Å²) >= 11 is 1.44. The number of rotatable bonds is 5. The smallest absolute Gasteiger partial charge is 0.408 e. The highest BCUT2D eigenvalue weighted by molar-refractivity contribution is 7.99. The molecule has 0 aliphatic carbocycles. The van der Waals surface area contributed by atoms with Gasteiger partial charge in [0.15, 0.2) is 0 Å². The average molecular weight is 300 g/mol. The van der Waals surface area contributed by atoms with Crippen LogP contribution in [0, 0.1) is 0 Å². The van der Waals surface area contributed by atoms with E-state index in [4.69, 9.17) is 0 Å². The largest absolute Gasteiger partial charge is 0.465 e. The third-order valence-electron chi connectivity index (χ3n) is 3.19. The van der Waals surface area contributed by atoms with Crippen LogP contribution >= 0.6 is 11.8 Å². The molecule has 1 aromatic heterocycles. The number of piperidine rings is 1. The van der Waals surface area contributed by atoms with E-state index in [2.05, 4.69) is 20.4 Å². The molecule has 1 unspecified atom stereocenters. The molecule has 0 saturated carbocycles. The summed E-state index contributed by atoms with van der Waals surface area (Å²) in [4.78, 5) is 14.8. The van der Waals surface area contributed by atoms with E-state index in [0.29, 0.717) is 18.2 Å². The van der Waals surface area contributed by atoms with E-state index in [-0.39, 0.29) is 5.37 Å². The first kappa shape index (κ1) is 15.0. The molecule has 0 spiro atoms. The fourth-order valence-electron chi connectivity index (χ4n) is 2.08. The molecule has 0 aromatic carbocycles. The molecule has 2 heterocycles. The van der Waals surface area contributed by atoms with Crippen LogP contribution in [-0.4, -0.2) is 73.8 Å². The minimum atomic E-state index is -0.866.